The van der Waals surface area contributed by atoms with Crippen LogP contribution in [0.2, 0.25) is 0 Å². The number of aromatic amines is 1. The first kappa shape index (κ1) is 20.1. The van der Waals surface area contributed by atoms with Crippen molar-refractivity contribution in [1.29, 1.82) is 0 Å². The van der Waals surface area contributed by atoms with Gasteiger partial charge in [-0.1, -0.05) is 24.0 Å². The highest BCUT2D eigenvalue weighted by Gasteiger charge is 2.31. The average molecular weight is 414 g/mol. The molecule has 1 aromatic heterocycles. The maximum atomic E-state index is 13.2. The molecule has 0 spiro atoms. The number of carbonyl (C=O) groups excluding carboxylic acids is 2. The molecule has 0 saturated carbocycles. The number of amides is 2. The lowest BCUT2D eigenvalue weighted by molar-refractivity contribution is -0.110. The van der Waals surface area contributed by atoms with Gasteiger partial charge in [-0.05, 0) is 50.6 Å². The normalized spacial score (nSPS) is 20.2. The lowest BCUT2D eigenvalue weighted by atomic mass is 9.87. The molecule has 2 N–H and O–H groups in total. The fraction of sp³-hybridized carbons (Fsp3) is 0.417. The van der Waals surface area contributed by atoms with Crippen LogP contribution in [-0.4, -0.2) is 67.2 Å². The zero-order valence-electron chi connectivity index (χ0n) is 18.0. The first-order valence-electron chi connectivity index (χ1n) is 11.2. The van der Waals surface area contributed by atoms with E-state index in [0.29, 0.717) is 11.0 Å². The van der Waals surface area contributed by atoms with Crippen LogP contribution in [0.1, 0.15) is 52.1 Å². The number of aromatic nitrogens is 1. The van der Waals surface area contributed by atoms with Crippen molar-refractivity contribution in [3.63, 3.8) is 0 Å². The standard InChI is InChI=1S/C24H27BN4O2/c1-15-20(14-16-22-17(25)6-5-7-18(22)27-23(16)30)26-19-8-11-29(24(31)21(15)19)13-12-28-9-3-2-4-10-28/h5-7,14,26H,2-4,8-13H2,1H3,(H,27,30)/b16-14-. The molecule has 0 unspecified atom stereocenters. The summed E-state index contributed by atoms with van der Waals surface area (Å²) >= 11 is 0. The molecule has 0 bridgehead atoms. The lowest BCUT2D eigenvalue weighted by Gasteiger charge is -2.32. The fourth-order valence-corrected chi connectivity index (χ4v) is 5.03. The van der Waals surface area contributed by atoms with E-state index in [1.54, 1.807) is 6.07 Å². The van der Waals surface area contributed by atoms with E-state index in [1.165, 1.54) is 19.3 Å². The number of anilines is 1. The number of nitrogens with one attached hydrogen (secondary N) is 2. The molecule has 1 saturated heterocycles. The average Bonchev–Trinajstić information content (AvgIpc) is 3.26. The minimum atomic E-state index is -0.172. The molecule has 5 rings (SSSR count). The number of hydrogen-bond donors (Lipinski definition) is 2. The summed E-state index contributed by atoms with van der Waals surface area (Å²) in [5.74, 6) is -0.0817. The van der Waals surface area contributed by atoms with Gasteiger partial charge in [-0.25, -0.2) is 0 Å². The number of piperidine rings is 1. The van der Waals surface area contributed by atoms with Crippen LogP contribution in [0.3, 0.4) is 0 Å². The summed E-state index contributed by atoms with van der Waals surface area (Å²) < 4.78 is 0. The molecule has 3 aliphatic rings. The van der Waals surface area contributed by atoms with Gasteiger partial charge in [0.15, 0.2) is 0 Å². The second-order valence-electron chi connectivity index (χ2n) is 8.74. The van der Waals surface area contributed by atoms with Crippen molar-refractivity contribution in [2.75, 3.05) is 38.0 Å². The minimum absolute atomic E-state index is 0.0902. The Kier molecular flexibility index (Phi) is 5.22. The number of hydrogen-bond acceptors (Lipinski definition) is 3. The van der Waals surface area contributed by atoms with Gasteiger partial charge in [0.05, 0.1) is 11.1 Å². The second kappa shape index (κ2) is 8.04. The van der Waals surface area contributed by atoms with E-state index < -0.39 is 0 Å². The molecule has 1 aromatic carbocycles. The molecule has 158 valence electrons. The van der Waals surface area contributed by atoms with Crippen molar-refractivity contribution in [3.05, 3.63) is 46.3 Å². The minimum Gasteiger partial charge on any atom is -0.358 e. The van der Waals surface area contributed by atoms with Gasteiger partial charge in [0.25, 0.3) is 11.8 Å². The van der Waals surface area contributed by atoms with Crippen LogP contribution < -0.4 is 10.8 Å². The third-order valence-electron chi connectivity index (χ3n) is 6.78. The number of rotatable bonds is 4. The number of H-pyrrole nitrogens is 1. The number of fused-ring (bicyclic) bond motifs is 2. The van der Waals surface area contributed by atoms with Crippen LogP contribution in [0.25, 0.3) is 11.6 Å². The molecule has 2 aromatic rings. The maximum Gasteiger partial charge on any atom is 0.256 e. The molecule has 0 atom stereocenters. The molecule has 31 heavy (non-hydrogen) atoms. The van der Waals surface area contributed by atoms with E-state index in [4.69, 9.17) is 7.85 Å². The summed E-state index contributed by atoms with van der Waals surface area (Å²) in [7, 11) is 6.14. The molecule has 6 nitrogen and oxygen atoms in total. The van der Waals surface area contributed by atoms with Crippen molar-refractivity contribution in [2.45, 2.75) is 32.6 Å². The molecule has 1 fully saturated rings. The zero-order valence-corrected chi connectivity index (χ0v) is 18.0. The number of benzene rings is 1. The Balaban J connectivity index is 1.40. The van der Waals surface area contributed by atoms with Crippen LogP contribution in [0, 0.1) is 6.92 Å². The van der Waals surface area contributed by atoms with E-state index in [2.05, 4.69) is 15.2 Å². The van der Waals surface area contributed by atoms with E-state index in [9.17, 15) is 9.59 Å². The number of carbonyl (C=O) groups is 2. The van der Waals surface area contributed by atoms with Crippen LogP contribution >= 0.6 is 0 Å². The van der Waals surface area contributed by atoms with Crippen molar-refractivity contribution in [2.24, 2.45) is 0 Å². The van der Waals surface area contributed by atoms with Gasteiger partial charge in [0.1, 0.15) is 7.85 Å². The van der Waals surface area contributed by atoms with Crippen molar-refractivity contribution < 1.29 is 9.59 Å². The Hall–Kier alpha value is -2.80. The Bertz CT molecular complexity index is 1080. The van der Waals surface area contributed by atoms with Crippen LogP contribution in [0.4, 0.5) is 5.69 Å². The second-order valence-corrected chi connectivity index (χ2v) is 8.74. The lowest BCUT2D eigenvalue weighted by Crippen LogP contribution is -2.43. The van der Waals surface area contributed by atoms with Crippen molar-refractivity contribution >= 4 is 42.5 Å². The highest BCUT2D eigenvalue weighted by atomic mass is 16.2. The van der Waals surface area contributed by atoms with Gasteiger partial charge >= 0.3 is 0 Å². The summed E-state index contributed by atoms with van der Waals surface area (Å²) in [4.78, 5) is 33.7. The predicted molar refractivity (Wildman–Crippen MR) is 124 cm³/mol. The van der Waals surface area contributed by atoms with E-state index in [-0.39, 0.29) is 11.8 Å². The van der Waals surface area contributed by atoms with Gasteiger partial charge in [-0.15, -0.1) is 0 Å². The first-order chi connectivity index (χ1) is 15.0. The summed E-state index contributed by atoms with van der Waals surface area (Å²) in [6, 6.07) is 5.47. The molecule has 7 heteroatoms. The Labute approximate surface area is 184 Å². The summed E-state index contributed by atoms with van der Waals surface area (Å²) in [5, 5.41) is 2.87. The van der Waals surface area contributed by atoms with Crippen LogP contribution in [0.5, 0.6) is 0 Å². The van der Waals surface area contributed by atoms with Crippen LogP contribution in [-0.2, 0) is 11.2 Å². The van der Waals surface area contributed by atoms with Crippen molar-refractivity contribution in [1.82, 2.24) is 14.8 Å². The fourth-order valence-electron chi connectivity index (χ4n) is 5.03. The van der Waals surface area contributed by atoms with E-state index in [0.717, 1.165) is 72.9 Å². The molecule has 0 aliphatic carbocycles. The largest absolute Gasteiger partial charge is 0.358 e. The highest BCUT2D eigenvalue weighted by molar-refractivity contribution is 6.44. The van der Waals surface area contributed by atoms with Crippen molar-refractivity contribution in [3.8, 4) is 0 Å². The zero-order chi connectivity index (χ0) is 21.5. The van der Waals surface area contributed by atoms with E-state index in [1.807, 2.05) is 30.0 Å². The summed E-state index contributed by atoms with van der Waals surface area (Å²) in [6.45, 7) is 6.67. The number of nitrogens with zero attached hydrogens (tertiary/aromatic N) is 2. The van der Waals surface area contributed by atoms with Gasteiger partial charge in [-0.2, -0.15) is 0 Å². The molecule has 2 amide bonds. The van der Waals surface area contributed by atoms with Crippen LogP contribution in [0.15, 0.2) is 18.2 Å². The van der Waals surface area contributed by atoms with E-state index >= 15 is 0 Å². The Morgan fingerprint density at radius 3 is 2.68 bits per heavy atom. The van der Waals surface area contributed by atoms with Gasteiger partial charge in [0, 0.05) is 48.7 Å². The molecular weight excluding hydrogens is 387 g/mol. The van der Waals surface area contributed by atoms with Gasteiger partial charge in [0.2, 0.25) is 0 Å². The van der Waals surface area contributed by atoms with Gasteiger partial charge < -0.3 is 20.1 Å². The Morgan fingerprint density at radius 1 is 1.06 bits per heavy atom. The molecule has 3 aliphatic heterocycles. The van der Waals surface area contributed by atoms with Gasteiger partial charge in [-0.3, -0.25) is 9.59 Å². The first-order valence-corrected chi connectivity index (χ1v) is 11.2. The maximum absolute atomic E-state index is 13.2. The summed E-state index contributed by atoms with van der Waals surface area (Å²) in [5.41, 5.74) is 5.97. The third kappa shape index (κ3) is 3.61. The smallest absolute Gasteiger partial charge is 0.256 e. The number of likely N-dealkylation sites (tertiary alicyclic amines) is 1. The monoisotopic (exact) mass is 414 g/mol. The third-order valence-corrected chi connectivity index (χ3v) is 6.78. The molecule has 2 radical (unpaired) electrons. The summed E-state index contributed by atoms with van der Waals surface area (Å²) in [6.07, 6.45) is 6.46. The molecular formula is C24H27BN4O2. The topological polar surface area (TPSA) is 68.4 Å². The molecule has 4 heterocycles. The highest BCUT2D eigenvalue weighted by Crippen LogP contribution is 2.33. The SMILES string of the molecule is [B]c1cccc2c1/C(=C/c1[nH]c3c(c1C)C(=O)N(CCN1CCCCC1)CC3)C(=O)N2. The quantitative estimate of drug-likeness (QED) is 0.595. The predicted octanol–water partition coefficient (Wildman–Crippen LogP) is 2.09. The Morgan fingerprint density at radius 2 is 1.87 bits per heavy atom.